The Morgan fingerprint density at radius 2 is 2.33 bits per heavy atom. The SMILES string of the molecule is CC#CN[C]=O. The average molecular weight is 82.1 g/mol. The lowest BCUT2D eigenvalue weighted by molar-refractivity contribution is 0.551. The quantitative estimate of drug-likeness (QED) is 0.339. The maximum absolute atomic E-state index is 9.23. The standard InChI is InChI=1S/C4H4NO/c1-2-3-5-4-6/h1H3,(H,5,6). The summed E-state index contributed by atoms with van der Waals surface area (Å²) in [6, 6.07) is 2.27. The summed E-state index contributed by atoms with van der Waals surface area (Å²) in [6.45, 7) is 1.63. The zero-order valence-electron chi connectivity index (χ0n) is 3.41. The monoisotopic (exact) mass is 82.0 g/mol. The van der Waals surface area contributed by atoms with Crippen molar-refractivity contribution in [3.8, 4) is 12.0 Å². The number of hydrogen-bond donors (Lipinski definition) is 1. The van der Waals surface area contributed by atoms with Crippen LogP contribution in [0.4, 0.5) is 0 Å². The molecule has 0 aliphatic rings. The highest BCUT2D eigenvalue weighted by Gasteiger charge is 1.57. The summed E-state index contributed by atoms with van der Waals surface area (Å²) in [4.78, 5) is 9.23. The molecular weight excluding hydrogens is 78.0 g/mol. The molecule has 1 N–H and O–H groups in total. The number of carbonyl (C=O) groups excluding carboxylic acids is 1. The van der Waals surface area contributed by atoms with Crippen LogP contribution in [0, 0.1) is 12.0 Å². The Morgan fingerprint density at radius 1 is 1.67 bits per heavy atom. The minimum Gasteiger partial charge on any atom is -0.277 e. The van der Waals surface area contributed by atoms with E-state index in [4.69, 9.17) is 0 Å². The molecule has 0 atom stereocenters. The topological polar surface area (TPSA) is 29.1 Å². The molecule has 0 heterocycles. The molecule has 0 unspecified atom stereocenters. The molecule has 0 aromatic carbocycles. The van der Waals surface area contributed by atoms with Crippen LogP contribution in [-0.4, -0.2) is 6.41 Å². The molecule has 0 aromatic heterocycles. The molecule has 2 heteroatoms. The normalized spacial score (nSPS) is 4.83. The fraction of sp³-hybridized carbons (Fsp3) is 0.250. The summed E-state index contributed by atoms with van der Waals surface area (Å²) in [5, 5.41) is 2.03. The van der Waals surface area contributed by atoms with Crippen LogP contribution in [0.3, 0.4) is 0 Å². The molecule has 1 amide bonds. The number of hydrogen-bond acceptors (Lipinski definition) is 1. The van der Waals surface area contributed by atoms with Gasteiger partial charge in [-0.2, -0.15) is 0 Å². The Morgan fingerprint density at radius 3 is 2.50 bits per heavy atom. The second-order valence-electron chi connectivity index (χ2n) is 0.602. The predicted molar refractivity (Wildman–Crippen MR) is 22.3 cm³/mol. The van der Waals surface area contributed by atoms with E-state index in [0.29, 0.717) is 0 Å². The molecule has 0 saturated carbocycles. The summed E-state index contributed by atoms with van der Waals surface area (Å²) in [5.41, 5.74) is 0. The maximum atomic E-state index is 9.23. The van der Waals surface area contributed by atoms with Gasteiger partial charge >= 0.3 is 6.41 Å². The Hall–Kier alpha value is -0.970. The van der Waals surface area contributed by atoms with Crippen LogP contribution in [0.1, 0.15) is 6.92 Å². The lowest BCUT2D eigenvalue weighted by Crippen LogP contribution is -1.98. The first-order valence-electron chi connectivity index (χ1n) is 1.45. The fourth-order valence-corrected chi connectivity index (χ4v) is 0.0880. The third-order valence-electron chi connectivity index (χ3n) is 0.239. The van der Waals surface area contributed by atoms with Crippen molar-refractivity contribution in [2.45, 2.75) is 6.92 Å². The molecule has 0 rings (SSSR count). The second-order valence-corrected chi connectivity index (χ2v) is 0.602. The van der Waals surface area contributed by atoms with Crippen LogP contribution < -0.4 is 5.32 Å². The van der Waals surface area contributed by atoms with Gasteiger partial charge in [-0.3, -0.25) is 10.1 Å². The predicted octanol–water partition coefficient (Wildman–Crippen LogP) is -0.376. The lowest BCUT2D eigenvalue weighted by atomic mass is 10.8. The van der Waals surface area contributed by atoms with Gasteiger partial charge in [0.15, 0.2) is 0 Å². The van der Waals surface area contributed by atoms with Gasteiger partial charge in [-0.1, -0.05) is 5.92 Å². The van der Waals surface area contributed by atoms with E-state index in [-0.39, 0.29) is 0 Å². The van der Waals surface area contributed by atoms with Crippen LogP contribution in [0.25, 0.3) is 0 Å². The van der Waals surface area contributed by atoms with Crippen molar-refractivity contribution in [3.63, 3.8) is 0 Å². The number of amides is 1. The summed E-state index contributed by atoms with van der Waals surface area (Å²) < 4.78 is 0. The van der Waals surface area contributed by atoms with E-state index in [1.54, 1.807) is 6.92 Å². The Kier molecular flexibility index (Phi) is 3.38. The van der Waals surface area contributed by atoms with Gasteiger partial charge in [-0.25, -0.2) is 0 Å². The van der Waals surface area contributed by atoms with E-state index in [0.717, 1.165) is 0 Å². The third-order valence-corrected chi connectivity index (χ3v) is 0.239. The highest BCUT2D eigenvalue weighted by molar-refractivity contribution is 5.50. The second kappa shape index (κ2) is 4.03. The van der Waals surface area contributed by atoms with E-state index >= 15 is 0 Å². The van der Waals surface area contributed by atoms with Crippen molar-refractivity contribution in [1.82, 2.24) is 5.32 Å². The van der Waals surface area contributed by atoms with E-state index in [2.05, 4.69) is 12.0 Å². The van der Waals surface area contributed by atoms with Gasteiger partial charge < -0.3 is 0 Å². The number of rotatable bonds is 1. The van der Waals surface area contributed by atoms with Crippen LogP contribution in [0.5, 0.6) is 0 Å². The van der Waals surface area contributed by atoms with Crippen LogP contribution in [0.15, 0.2) is 0 Å². The first kappa shape index (κ1) is 5.03. The van der Waals surface area contributed by atoms with Gasteiger partial charge in [0.25, 0.3) is 0 Å². The van der Waals surface area contributed by atoms with Gasteiger partial charge in [0.05, 0.1) is 0 Å². The van der Waals surface area contributed by atoms with E-state index in [9.17, 15) is 4.79 Å². The third kappa shape index (κ3) is 3.03. The molecule has 1 radical (unpaired) electrons. The van der Waals surface area contributed by atoms with Crippen LogP contribution in [-0.2, 0) is 4.79 Å². The first-order chi connectivity index (χ1) is 2.91. The van der Waals surface area contributed by atoms with Gasteiger partial charge in [0.1, 0.15) is 0 Å². The number of nitrogens with one attached hydrogen (secondary N) is 1. The Labute approximate surface area is 36.5 Å². The van der Waals surface area contributed by atoms with Crippen molar-refractivity contribution in [2.75, 3.05) is 0 Å². The van der Waals surface area contributed by atoms with Crippen molar-refractivity contribution in [1.29, 1.82) is 0 Å². The van der Waals surface area contributed by atoms with Gasteiger partial charge in [0, 0.05) is 6.04 Å². The summed E-state index contributed by atoms with van der Waals surface area (Å²) >= 11 is 0. The summed E-state index contributed by atoms with van der Waals surface area (Å²) in [6.07, 6.45) is 1.40. The van der Waals surface area contributed by atoms with Crippen LogP contribution in [0.2, 0.25) is 0 Å². The summed E-state index contributed by atoms with van der Waals surface area (Å²) in [5.74, 6) is 2.44. The van der Waals surface area contributed by atoms with Crippen molar-refractivity contribution < 1.29 is 4.79 Å². The molecule has 2 nitrogen and oxygen atoms in total. The minimum absolute atomic E-state index is 1.40. The Balaban J connectivity index is 3.00. The molecule has 6 heavy (non-hydrogen) atoms. The largest absolute Gasteiger partial charge is 0.321 e. The molecule has 0 aliphatic heterocycles. The van der Waals surface area contributed by atoms with Gasteiger partial charge in [0.2, 0.25) is 0 Å². The smallest absolute Gasteiger partial charge is 0.277 e. The minimum atomic E-state index is 1.40. The average Bonchev–Trinajstić information content (AvgIpc) is 1.61. The van der Waals surface area contributed by atoms with Crippen molar-refractivity contribution in [2.24, 2.45) is 0 Å². The fourth-order valence-electron chi connectivity index (χ4n) is 0.0880. The van der Waals surface area contributed by atoms with Crippen LogP contribution >= 0.6 is 0 Å². The molecule has 31 valence electrons. The molecule has 0 fully saturated rings. The summed E-state index contributed by atoms with van der Waals surface area (Å²) in [7, 11) is 0. The highest BCUT2D eigenvalue weighted by atomic mass is 16.1. The zero-order chi connectivity index (χ0) is 4.83. The van der Waals surface area contributed by atoms with Crippen molar-refractivity contribution >= 4 is 6.41 Å². The lowest BCUT2D eigenvalue weighted by Gasteiger charge is -1.65. The molecule has 0 saturated heterocycles. The first-order valence-corrected chi connectivity index (χ1v) is 1.45. The van der Waals surface area contributed by atoms with E-state index < -0.39 is 0 Å². The zero-order valence-corrected chi connectivity index (χ0v) is 3.41. The van der Waals surface area contributed by atoms with E-state index in [1.807, 2.05) is 5.32 Å². The molecule has 0 bridgehead atoms. The Bertz CT molecular complexity index is 87.5. The van der Waals surface area contributed by atoms with Gasteiger partial charge in [-0.05, 0) is 6.92 Å². The maximum Gasteiger partial charge on any atom is 0.321 e. The highest BCUT2D eigenvalue weighted by Crippen LogP contribution is 1.37. The molecule has 0 spiro atoms. The van der Waals surface area contributed by atoms with Gasteiger partial charge in [-0.15, -0.1) is 0 Å². The molecular formula is C4H4NO. The van der Waals surface area contributed by atoms with E-state index in [1.165, 1.54) is 6.41 Å². The molecule has 0 aromatic rings. The molecule has 0 aliphatic carbocycles. The van der Waals surface area contributed by atoms with Crippen molar-refractivity contribution in [3.05, 3.63) is 0 Å².